The highest BCUT2D eigenvalue weighted by Gasteiger charge is 2.20. The van der Waals surface area contributed by atoms with Crippen molar-refractivity contribution in [2.24, 2.45) is 0 Å². The van der Waals surface area contributed by atoms with Crippen LogP contribution >= 0.6 is 0 Å². The second-order valence-electron chi connectivity index (χ2n) is 13.9. The van der Waals surface area contributed by atoms with Crippen LogP contribution in [-0.4, -0.2) is 20.4 Å². The molecular formula is C45H36O6. The molecule has 51 heavy (non-hydrogen) atoms. The van der Waals surface area contributed by atoms with E-state index in [0.29, 0.717) is 0 Å². The Bertz CT molecular complexity index is 1900. The molecule has 18 bridgehead atoms. The van der Waals surface area contributed by atoms with Gasteiger partial charge in [-0.1, -0.05) is 36.4 Å². The molecule has 0 N–H and O–H groups in total. The van der Waals surface area contributed by atoms with Gasteiger partial charge in [-0.15, -0.1) is 0 Å². The Morgan fingerprint density at radius 1 is 0.216 bits per heavy atom. The second kappa shape index (κ2) is 12.5. The van der Waals surface area contributed by atoms with Gasteiger partial charge in [-0.2, -0.15) is 0 Å². The summed E-state index contributed by atoms with van der Waals surface area (Å²) in [5.41, 5.74) is 14.8. The summed E-state index contributed by atoms with van der Waals surface area (Å²) < 4.78 is 37.6. The van der Waals surface area contributed by atoms with E-state index in [-0.39, 0.29) is 20.4 Å². The molecule has 6 aromatic carbocycles. The van der Waals surface area contributed by atoms with Crippen LogP contribution in [-0.2, 0) is 38.5 Å². The molecule has 0 saturated heterocycles. The van der Waals surface area contributed by atoms with E-state index < -0.39 is 0 Å². The third-order valence-corrected chi connectivity index (χ3v) is 10.7. The van der Waals surface area contributed by atoms with Crippen molar-refractivity contribution in [2.75, 3.05) is 20.4 Å². The van der Waals surface area contributed by atoms with Crippen LogP contribution in [0.15, 0.2) is 109 Å². The van der Waals surface area contributed by atoms with Crippen LogP contribution in [0.5, 0.6) is 34.5 Å². The first-order valence-corrected chi connectivity index (χ1v) is 17.6. The maximum Gasteiger partial charge on any atom is 0.230 e. The van der Waals surface area contributed by atoms with Crippen molar-refractivity contribution >= 4 is 0 Å². The SMILES string of the molecule is c1cc2c3cc1OCOc1ccc4c(c1)Cc1ccc5cc1Cc1ccc(cc1C4)OCOc1ccc(c(c1)Cc1ccc(cc1C2)OCO5)C3. The molecule has 252 valence electrons. The molecule has 12 heterocycles. The van der Waals surface area contributed by atoms with E-state index in [1.165, 1.54) is 66.8 Å². The molecular weight excluding hydrogens is 636 g/mol. The zero-order chi connectivity index (χ0) is 33.7. The summed E-state index contributed by atoms with van der Waals surface area (Å²) in [6, 6.07) is 38.4. The molecule has 0 unspecified atom stereocenters. The van der Waals surface area contributed by atoms with Gasteiger partial charge in [0.1, 0.15) is 34.5 Å². The van der Waals surface area contributed by atoms with Gasteiger partial charge >= 0.3 is 0 Å². The lowest BCUT2D eigenvalue weighted by atomic mass is 9.94. The number of benzene rings is 6. The third kappa shape index (κ3) is 6.01. The van der Waals surface area contributed by atoms with E-state index in [4.69, 9.17) is 28.4 Å². The Morgan fingerprint density at radius 3 is 0.569 bits per heavy atom. The highest BCUT2D eigenvalue weighted by molar-refractivity contribution is 5.52. The van der Waals surface area contributed by atoms with Crippen molar-refractivity contribution in [1.29, 1.82) is 0 Å². The fourth-order valence-corrected chi connectivity index (χ4v) is 7.90. The number of hydrogen-bond acceptors (Lipinski definition) is 6. The molecule has 14 aliphatic rings. The molecule has 2 aliphatic carbocycles. The van der Waals surface area contributed by atoms with E-state index >= 15 is 0 Å². The van der Waals surface area contributed by atoms with Gasteiger partial charge < -0.3 is 28.4 Å². The number of rotatable bonds is 0. The normalized spacial score (nSPS) is 15.3. The Labute approximate surface area is 297 Å². The Balaban J connectivity index is 1.17. The van der Waals surface area contributed by atoms with E-state index in [0.717, 1.165) is 73.0 Å². The highest BCUT2D eigenvalue weighted by Crippen LogP contribution is 2.35. The molecule has 20 rings (SSSR count). The standard InChI is InChI=1S/C45H36O6/c1-7-40-19-34-14-29-2-8-43-21-36(29)15-30-3-9-41(20-35(30)13-28(1)34)48-26-49-44-11-5-32-16-37-22-42(47-25-46-40)10-4-31(37)17-38-24-45(51-27-50-43)12-6-33(38)18-39(32)23-44/h1-12,19-24H,13-18,25-27H2. The van der Waals surface area contributed by atoms with Crippen LogP contribution < -0.4 is 28.4 Å². The van der Waals surface area contributed by atoms with Crippen LogP contribution in [0.4, 0.5) is 0 Å². The minimum atomic E-state index is 0.110. The van der Waals surface area contributed by atoms with Gasteiger partial charge in [0.2, 0.25) is 20.4 Å². The summed E-state index contributed by atoms with van der Waals surface area (Å²) in [7, 11) is 0. The third-order valence-electron chi connectivity index (χ3n) is 10.7. The summed E-state index contributed by atoms with van der Waals surface area (Å²) in [4.78, 5) is 0. The fourth-order valence-electron chi connectivity index (χ4n) is 7.90. The molecule has 6 nitrogen and oxygen atoms in total. The summed E-state index contributed by atoms with van der Waals surface area (Å²) in [6.45, 7) is 0.331. The van der Waals surface area contributed by atoms with Crippen LogP contribution in [0.25, 0.3) is 0 Å². The van der Waals surface area contributed by atoms with Crippen LogP contribution in [0.1, 0.15) is 66.8 Å². The Kier molecular flexibility index (Phi) is 7.33. The van der Waals surface area contributed by atoms with Gasteiger partial charge in [-0.05, 0) is 178 Å². The maximum atomic E-state index is 6.27. The largest absolute Gasteiger partial charge is 0.457 e. The summed E-state index contributed by atoms with van der Waals surface area (Å²) >= 11 is 0. The zero-order valence-electron chi connectivity index (χ0n) is 28.2. The highest BCUT2D eigenvalue weighted by atomic mass is 16.7. The minimum Gasteiger partial charge on any atom is -0.457 e. The van der Waals surface area contributed by atoms with Gasteiger partial charge in [-0.25, -0.2) is 0 Å². The first kappa shape index (κ1) is 30.0. The quantitative estimate of drug-likeness (QED) is 0.161. The van der Waals surface area contributed by atoms with Crippen LogP contribution in [0, 0.1) is 0 Å². The average molecular weight is 673 g/mol. The van der Waals surface area contributed by atoms with Gasteiger partial charge in [0.25, 0.3) is 0 Å². The van der Waals surface area contributed by atoms with Gasteiger partial charge in [0, 0.05) is 0 Å². The molecule has 0 spiro atoms. The first-order valence-electron chi connectivity index (χ1n) is 17.6. The summed E-state index contributed by atoms with van der Waals surface area (Å²) in [5.74, 6) is 4.70. The maximum absolute atomic E-state index is 6.27. The zero-order valence-corrected chi connectivity index (χ0v) is 28.2. The van der Waals surface area contributed by atoms with Crippen LogP contribution in [0.3, 0.4) is 0 Å². The predicted octanol–water partition coefficient (Wildman–Crippen LogP) is 8.73. The first-order chi connectivity index (χ1) is 25.1. The molecule has 0 radical (unpaired) electrons. The lowest BCUT2D eigenvalue weighted by Gasteiger charge is -2.17. The summed E-state index contributed by atoms with van der Waals surface area (Å²) in [6.07, 6.45) is 4.61. The molecule has 12 aliphatic heterocycles. The topological polar surface area (TPSA) is 55.4 Å². The molecule has 0 amide bonds. The summed E-state index contributed by atoms with van der Waals surface area (Å²) in [5, 5.41) is 0. The van der Waals surface area contributed by atoms with Crippen LogP contribution in [0.2, 0.25) is 0 Å². The molecule has 0 aromatic heterocycles. The van der Waals surface area contributed by atoms with E-state index in [2.05, 4.69) is 109 Å². The predicted molar refractivity (Wildman–Crippen MR) is 194 cm³/mol. The van der Waals surface area contributed by atoms with Crippen molar-refractivity contribution in [3.63, 3.8) is 0 Å². The van der Waals surface area contributed by atoms with Gasteiger partial charge in [0.05, 0.1) is 0 Å². The molecule has 6 aromatic rings. The number of ether oxygens (including phenoxy) is 6. The van der Waals surface area contributed by atoms with Crippen molar-refractivity contribution in [2.45, 2.75) is 38.5 Å². The Morgan fingerprint density at radius 2 is 0.392 bits per heavy atom. The van der Waals surface area contributed by atoms with Crippen molar-refractivity contribution in [3.8, 4) is 34.5 Å². The fraction of sp³-hybridized carbons (Fsp3) is 0.200. The minimum absolute atomic E-state index is 0.110. The molecule has 0 atom stereocenters. The molecule has 0 saturated carbocycles. The second-order valence-corrected chi connectivity index (χ2v) is 13.9. The number of hydrogen-bond donors (Lipinski definition) is 0. The lowest BCUT2D eigenvalue weighted by molar-refractivity contribution is 0.119. The van der Waals surface area contributed by atoms with Gasteiger partial charge in [-0.3, -0.25) is 0 Å². The Hall–Kier alpha value is -5.88. The van der Waals surface area contributed by atoms with E-state index in [1.807, 2.05) is 0 Å². The molecule has 0 fully saturated rings. The smallest absolute Gasteiger partial charge is 0.230 e. The monoisotopic (exact) mass is 672 g/mol. The van der Waals surface area contributed by atoms with Crippen molar-refractivity contribution in [1.82, 2.24) is 0 Å². The van der Waals surface area contributed by atoms with Crippen molar-refractivity contribution < 1.29 is 28.4 Å². The lowest BCUT2D eigenvalue weighted by Crippen LogP contribution is -2.08. The van der Waals surface area contributed by atoms with E-state index in [9.17, 15) is 0 Å². The average Bonchev–Trinajstić information content (AvgIpc) is 3.24. The van der Waals surface area contributed by atoms with Gasteiger partial charge in [0.15, 0.2) is 0 Å². The molecule has 6 heteroatoms. The van der Waals surface area contributed by atoms with Crippen molar-refractivity contribution in [3.05, 3.63) is 176 Å². The van der Waals surface area contributed by atoms with E-state index in [1.54, 1.807) is 0 Å².